The number of aliphatic hydroxyl groups is 1. The summed E-state index contributed by atoms with van der Waals surface area (Å²) in [5.41, 5.74) is 0.752. The molecule has 0 radical (unpaired) electrons. The summed E-state index contributed by atoms with van der Waals surface area (Å²) in [5.74, 6) is -3.07. The van der Waals surface area contributed by atoms with Crippen LogP contribution in [0.2, 0.25) is 0 Å². The Kier molecular flexibility index (Phi) is 11.2. The van der Waals surface area contributed by atoms with Crippen LogP contribution in [0.1, 0.15) is 55.9 Å². The second-order valence-corrected chi connectivity index (χ2v) is 14.5. The number of aliphatic carboxylic acids is 1. The van der Waals surface area contributed by atoms with Crippen LogP contribution in [0.3, 0.4) is 0 Å². The lowest BCUT2D eigenvalue weighted by molar-refractivity contribution is -0.192. The van der Waals surface area contributed by atoms with Crippen LogP contribution in [-0.4, -0.2) is 125 Å². The largest absolute Gasteiger partial charge is 0.490 e. The average Bonchev–Trinajstić information content (AvgIpc) is 3.18. The van der Waals surface area contributed by atoms with Crippen molar-refractivity contribution in [3.63, 3.8) is 0 Å². The van der Waals surface area contributed by atoms with E-state index in [2.05, 4.69) is 15.1 Å². The Labute approximate surface area is 265 Å². The number of nitrogens with one attached hydrogen (secondary N) is 1. The number of piperidine rings is 1. The highest BCUT2D eigenvalue weighted by atomic mass is 32.2. The fraction of sp³-hybridized carbons (Fsp3) is 0.633. The van der Waals surface area contributed by atoms with E-state index in [-0.39, 0.29) is 41.2 Å². The number of amides is 1. The van der Waals surface area contributed by atoms with Crippen LogP contribution < -0.4 is 10.9 Å². The van der Waals surface area contributed by atoms with E-state index in [9.17, 15) is 36.3 Å². The molecule has 0 saturated carbocycles. The van der Waals surface area contributed by atoms with E-state index in [1.165, 1.54) is 10.6 Å². The van der Waals surface area contributed by atoms with Crippen LogP contribution in [0.25, 0.3) is 10.9 Å². The molecular formula is C30H42F3N5O7S. The van der Waals surface area contributed by atoms with Gasteiger partial charge in [0.15, 0.2) is 0 Å². The molecule has 4 atom stereocenters. The van der Waals surface area contributed by atoms with Crippen LogP contribution in [0.4, 0.5) is 13.2 Å². The summed E-state index contributed by atoms with van der Waals surface area (Å²) >= 11 is 0. The molecule has 3 aliphatic rings. The SMILES string of the molecule is CC(C)n1c(=O)c(C(=O)NC2C[C@H]3CC[C@@H](C2)N3CC(O)CN2CCN(S(C)(=O)=O)CC2)cc2ccccc21.O=C(O)C(F)(F)F. The molecule has 0 aliphatic carbocycles. The maximum Gasteiger partial charge on any atom is 0.490 e. The number of sulfonamides is 1. The number of aromatic nitrogens is 1. The lowest BCUT2D eigenvalue weighted by Crippen LogP contribution is -2.55. The molecule has 1 amide bonds. The monoisotopic (exact) mass is 673 g/mol. The van der Waals surface area contributed by atoms with Gasteiger partial charge in [-0.05, 0) is 57.0 Å². The van der Waals surface area contributed by atoms with Crippen molar-refractivity contribution in [1.82, 2.24) is 24.0 Å². The third-order valence-corrected chi connectivity index (χ3v) is 10.2. The van der Waals surface area contributed by atoms with Gasteiger partial charge in [-0.3, -0.25) is 19.4 Å². The number of para-hydroxylation sites is 1. The van der Waals surface area contributed by atoms with Gasteiger partial charge in [-0.1, -0.05) is 18.2 Å². The van der Waals surface area contributed by atoms with Crippen molar-refractivity contribution in [3.8, 4) is 0 Å². The third-order valence-electron chi connectivity index (χ3n) is 8.86. The molecule has 3 fully saturated rings. The molecule has 5 rings (SSSR count). The predicted molar refractivity (Wildman–Crippen MR) is 165 cm³/mol. The number of carboxylic acids is 1. The molecule has 256 valence electrons. The van der Waals surface area contributed by atoms with Crippen LogP contribution in [0.15, 0.2) is 35.1 Å². The van der Waals surface area contributed by atoms with E-state index in [4.69, 9.17) is 9.90 Å². The first-order valence-corrected chi connectivity index (χ1v) is 17.2. The first-order chi connectivity index (χ1) is 21.5. The Morgan fingerprint density at radius 2 is 1.59 bits per heavy atom. The molecule has 2 aromatic rings. The third kappa shape index (κ3) is 8.64. The molecule has 1 aromatic heterocycles. The fourth-order valence-corrected chi connectivity index (χ4v) is 7.58. The second-order valence-electron chi connectivity index (χ2n) is 12.5. The molecule has 12 nitrogen and oxygen atoms in total. The van der Waals surface area contributed by atoms with Crippen molar-refractivity contribution in [3.05, 3.63) is 46.2 Å². The zero-order valence-corrected chi connectivity index (χ0v) is 26.9. The quantitative estimate of drug-likeness (QED) is 0.382. The fourth-order valence-electron chi connectivity index (χ4n) is 6.76. The molecular weight excluding hydrogens is 631 g/mol. The summed E-state index contributed by atoms with van der Waals surface area (Å²) in [5, 5.41) is 22.0. The van der Waals surface area contributed by atoms with Crippen LogP contribution in [-0.2, 0) is 14.8 Å². The number of carbonyl (C=O) groups excluding carboxylic acids is 1. The second kappa shape index (κ2) is 14.4. The van der Waals surface area contributed by atoms with E-state index < -0.39 is 28.3 Å². The number of rotatable bonds is 8. The molecule has 2 unspecified atom stereocenters. The number of β-amino-alcohol motifs (C(OH)–C–C–N with tert-alkyl or cyclic N) is 1. The molecule has 16 heteroatoms. The van der Waals surface area contributed by atoms with Gasteiger partial charge in [-0.25, -0.2) is 13.2 Å². The normalized spacial score (nSPS) is 23.6. The predicted octanol–water partition coefficient (Wildman–Crippen LogP) is 1.88. The molecule has 4 heterocycles. The Morgan fingerprint density at radius 3 is 2.11 bits per heavy atom. The van der Waals surface area contributed by atoms with Crippen molar-refractivity contribution < 1.29 is 41.4 Å². The highest BCUT2D eigenvalue weighted by Crippen LogP contribution is 2.36. The number of alkyl halides is 3. The lowest BCUT2D eigenvalue weighted by Gasteiger charge is -2.41. The number of nitrogens with zero attached hydrogens (tertiary/aromatic N) is 4. The van der Waals surface area contributed by atoms with Gasteiger partial charge < -0.3 is 20.1 Å². The van der Waals surface area contributed by atoms with Crippen molar-refractivity contribution in [2.24, 2.45) is 0 Å². The summed E-state index contributed by atoms with van der Waals surface area (Å²) in [6.45, 7) is 7.17. The topological polar surface area (TPSA) is 152 Å². The summed E-state index contributed by atoms with van der Waals surface area (Å²) in [6.07, 6.45) is -0.694. The highest BCUT2D eigenvalue weighted by molar-refractivity contribution is 7.88. The number of carbonyl (C=O) groups is 2. The van der Waals surface area contributed by atoms with Gasteiger partial charge in [-0.15, -0.1) is 0 Å². The Hall–Kier alpha value is -3.05. The van der Waals surface area contributed by atoms with Crippen LogP contribution in [0.5, 0.6) is 0 Å². The molecule has 2 bridgehead atoms. The van der Waals surface area contributed by atoms with Crippen LogP contribution >= 0.6 is 0 Å². The number of piperazine rings is 1. The van der Waals surface area contributed by atoms with Gasteiger partial charge in [0, 0.05) is 63.4 Å². The number of fused-ring (bicyclic) bond motifs is 3. The minimum absolute atomic E-state index is 0.00849. The van der Waals surface area contributed by atoms with Gasteiger partial charge in [0.05, 0.1) is 17.9 Å². The molecule has 1 aromatic carbocycles. The molecule has 3 aliphatic heterocycles. The number of pyridine rings is 1. The minimum Gasteiger partial charge on any atom is -0.475 e. The first kappa shape index (κ1) is 35.8. The number of carboxylic acid groups (broad SMARTS) is 1. The lowest BCUT2D eigenvalue weighted by atomic mass is 9.96. The molecule has 46 heavy (non-hydrogen) atoms. The van der Waals surface area contributed by atoms with Crippen LogP contribution in [0, 0.1) is 0 Å². The van der Waals surface area contributed by atoms with E-state index in [0.717, 1.165) is 36.6 Å². The van der Waals surface area contributed by atoms with Gasteiger partial charge in [-0.2, -0.15) is 17.5 Å². The van der Waals surface area contributed by atoms with Gasteiger partial charge in [0.1, 0.15) is 5.56 Å². The summed E-state index contributed by atoms with van der Waals surface area (Å²) < 4.78 is 58.4. The standard InChI is InChI=1S/C28H41N5O5S.C2HF3O2/c1-19(2)33-26-7-5-4-6-20(26)14-25(28(33)36)27(35)29-21-15-22-8-9-23(16-21)32(22)18-24(34)17-30-10-12-31(13-11-30)39(3,37)38;3-2(4,5)1(6)7/h4-7,14,19,21-24,34H,8-13,15-18H2,1-3H3,(H,29,35);(H,6,7)/t21?,22-,23+,24?;. The average molecular weight is 674 g/mol. The first-order valence-electron chi connectivity index (χ1n) is 15.3. The van der Waals surface area contributed by atoms with E-state index in [1.807, 2.05) is 38.1 Å². The smallest absolute Gasteiger partial charge is 0.475 e. The summed E-state index contributed by atoms with van der Waals surface area (Å²) in [7, 11) is -3.17. The van der Waals surface area contributed by atoms with Gasteiger partial charge in [0.2, 0.25) is 10.0 Å². The van der Waals surface area contributed by atoms with Gasteiger partial charge >= 0.3 is 12.1 Å². The number of hydrogen-bond donors (Lipinski definition) is 3. The maximum absolute atomic E-state index is 13.3. The zero-order valence-electron chi connectivity index (χ0n) is 26.1. The zero-order chi connectivity index (χ0) is 34.0. The van der Waals surface area contributed by atoms with E-state index >= 15 is 0 Å². The van der Waals surface area contributed by atoms with Crippen molar-refractivity contribution in [2.45, 2.75) is 76.0 Å². The number of hydrogen-bond acceptors (Lipinski definition) is 8. The maximum atomic E-state index is 13.3. The minimum atomic E-state index is -5.08. The Bertz CT molecular complexity index is 1560. The summed E-state index contributed by atoms with van der Waals surface area (Å²) in [6, 6.07) is 9.87. The van der Waals surface area contributed by atoms with Crippen molar-refractivity contribution in [1.29, 1.82) is 0 Å². The Balaban J connectivity index is 0.000000617. The van der Waals surface area contributed by atoms with E-state index in [1.54, 1.807) is 10.6 Å². The Morgan fingerprint density at radius 1 is 1.02 bits per heavy atom. The molecule has 3 N–H and O–H groups in total. The number of halogens is 3. The highest BCUT2D eigenvalue weighted by Gasteiger charge is 2.42. The summed E-state index contributed by atoms with van der Waals surface area (Å²) in [4.78, 5) is 40.0. The number of aliphatic hydroxyl groups excluding tert-OH is 1. The molecule has 3 saturated heterocycles. The molecule has 0 spiro atoms. The van der Waals surface area contributed by atoms with Gasteiger partial charge in [0.25, 0.3) is 11.5 Å². The van der Waals surface area contributed by atoms with Crippen molar-refractivity contribution >= 4 is 32.8 Å². The number of benzene rings is 1. The van der Waals surface area contributed by atoms with E-state index in [0.29, 0.717) is 39.3 Å². The van der Waals surface area contributed by atoms with Crippen molar-refractivity contribution in [2.75, 3.05) is 45.5 Å².